The molecule has 2 aromatic carbocycles. The molecule has 3 N–H and O–H groups in total. The number of nitrogens with zero attached hydrogens (tertiary/aromatic N) is 1. The number of allylic oxidation sites excluding steroid dienone is 1. The van der Waals surface area contributed by atoms with Crippen LogP contribution < -0.4 is 20.1 Å². The second-order valence-electron chi connectivity index (χ2n) is 12.2. The highest BCUT2D eigenvalue weighted by atomic mass is 35.5. The molecule has 7 nitrogen and oxygen atoms in total. The van der Waals surface area contributed by atoms with Gasteiger partial charge < -0.3 is 15.4 Å². The minimum absolute atomic E-state index is 0.0705. The number of amides is 1. The van der Waals surface area contributed by atoms with Crippen molar-refractivity contribution in [2.75, 3.05) is 24.6 Å². The fourth-order valence-corrected chi connectivity index (χ4v) is 8.26. The third-order valence-electron chi connectivity index (χ3n) is 9.59. The van der Waals surface area contributed by atoms with Crippen LogP contribution in [0.2, 0.25) is 5.02 Å². The van der Waals surface area contributed by atoms with E-state index in [2.05, 4.69) is 21.8 Å². The van der Waals surface area contributed by atoms with Crippen LogP contribution in [0.4, 0.5) is 5.69 Å². The quantitative estimate of drug-likeness (QED) is 0.425. The molecule has 2 aromatic rings. The van der Waals surface area contributed by atoms with Gasteiger partial charge in [0.15, 0.2) is 0 Å². The highest BCUT2D eigenvalue weighted by molar-refractivity contribution is 7.90. The summed E-state index contributed by atoms with van der Waals surface area (Å²) in [4.78, 5) is 15.6. The molecule has 9 heteroatoms. The van der Waals surface area contributed by atoms with Gasteiger partial charge in [-0.05, 0) is 105 Å². The third kappa shape index (κ3) is 5.14. The van der Waals surface area contributed by atoms with Crippen LogP contribution >= 0.6 is 11.6 Å². The zero-order valence-corrected chi connectivity index (χ0v) is 24.5. The van der Waals surface area contributed by atoms with Gasteiger partial charge in [0.05, 0.1) is 17.5 Å². The Morgan fingerprint density at radius 1 is 1.15 bits per heavy atom. The van der Waals surface area contributed by atoms with Gasteiger partial charge in [-0.1, -0.05) is 29.8 Å². The van der Waals surface area contributed by atoms with Gasteiger partial charge in [-0.15, -0.1) is 0 Å². The van der Waals surface area contributed by atoms with Crippen LogP contribution in [0, 0.1) is 11.8 Å². The number of hydrogen-bond acceptors (Lipinski definition) is 6. The molecular weight excluding hydrogens is 546 g/mol. The Morgan fingerprint density at radius 2 is 2.00 bits per heavy atom. The van der Waals surface area contributed by atoms with Crippen molar-refractivity contribution in [2.45, 2.75) is 68.6 Å². The molecule has 2 bridgehead atoms. The number of benzene rings is 2. The fourth-order valence-electron chi connectivity index (χ4n) is 7.04. The first-order valence-electron chi connectivity index (χ1n) is 14.4. The number of halogens is 1. The first-order chi connectivity index (χ1) is 19.1. The maximum atomic E-state index is 13.2. The van der Waals surface area contributed by atoms with E-state index in [9.17, 15) is 13.2 Å². The number of ether oxygens (including phenoxy) is 1. The van der Waals surface area contributed by atoms with E-state index in [-0.39, 0.29) is 11.5 Å². The zero-order chi connectivity index (χ0) is 28.1. The van der Waals surface area contributed by atoms with E-state index < -0.39 is 21.2 Å². The third-order valence-corrected chi connectivity index (χ3v) is 11.6. The van der Waals surface area contributed by atoms with Crippen LogP contribution in [-0.4, -0.2) is 45.3 Å². The summed E-state index contributed by atoms with van der Waals surface area (Å²) in [6, 6.07) is 11.4. The highest BCUT2D eigenvalue weighted by Gasteiger charge is 2.44. The normalized spacial score (nSPS) is 32.5. The molecule has 1 fully saturated rings. The van der Waals surface area contributed by atoms with Crippen molar-refractivity contribution < 1.29 is 17.9 Å². The Morgan fingerprint density at radius 3 is 2.80 bits per heavy atom. The Kier molecular flexibility index (Phi) is 7.38. The maximum absolute atomic E-state index is 13.2. The number of rotatable bonds is 0. The summed E-state index contributed by atoms with van der Waals surface area (Å²) >= 11 is 6.38. The number of carbonyl (C=O) groups excluding carboxylic acids is 1. The predicted molar refractivity (Wildman–Crippen MR) is 159 cm³/mol. The maximum Gasteiger partial charge on any atom is 0.264 e. The van der Waals surface area contributed by atoms with Gasteiger partial charge in [-0.2, -0.15) is 0 Å². The van der Waals surface area contributed by atoms with Crippen LogP contribution in [0.1, 0.15) is 66.9 Å². The van der Waals surface area contributed by atoms with E-state index in [4.69, 9.17) is 22.1 Å². The largest absolute Gasteiger partial charge is 0.490 e. The van der Waals surface area contributed by atoms with Crippen molar-refractivity contribution in [3.63, 3.8) is 0 Å². The number of nitrogens with two attached hydrogens (primary N) is 1. The Bertz CT molecular complexity index is 1440. The lowest BCUT2D eigenvalue weighted by Crippen LogP contribution is -2.50. The van der Waals surface area contributed by atoms with Crippen LogP contribution in [0.25, 0.3) is 0 Å². The Balaban J connectivity index is 1.42. The zero-order valence-electron chi connectivity index (χ0n) is 22.9. The van der Waals surface area contributed by atoms with Crippen molar-refractivity contribution >= 4 is 33.2 Å². The molecule has 0 radical (unpaired) electrons. The first kappa shape index (κ1) is 27.6. The number of sulfonamides is 1. The summed E-state index contributed by atoms with van der Waals surface area (Å²) in [5.41, 5.74) is 10.1. The molecule has 214 valence electrons. The average molecular weight is 584 g/mol. The second-order valence-corrected chi connectivity index (χ2v) is 14.7. The van der Waals surface area contributed by atoms with E-state index in [0.717, 1.165) is 55.9 Å². The summed E-state index contributed by atoms with van der Waals surface area (Å²) in [5, 5.41) is 0.0417. The predicted octanol–water partition coefficient (Wildman–Crippen LogP) is 4.96. The topological polar surface area (TPSA) is 102 Å². The Hall–Kier alpha value is -2.55. The van der Waals surface area contributed by atoms with Crippen molar-refractivity contribution in [1.29, 1.82) is 0 Å². The molecule has 1 amide bonds. The van der Waals surface area contributed by atoms with Gasteiger partial charge in [0.2, 0.25) is 10.0 Å². The van der Waals surface area contributed by atoms with Crippen LogP contribution in [0.3, 0.4) is 0 Å². The summed E-state index contributed by atoms with van der Waals surface area (Å²) in [5.74, 6) is 0.878. The smallest absolute Gasteiger partial charge is 0.264 e. The molecule has 1 saturated carbocycles. The molecule has 0 unspecified atom stereocenters. The van der Waals surface area contributed by atoms with Crippen LogP contribution in [-0.2, 0) is 21.9 Å². The first-order valence-corrected chi connectivity index (χ1v) is 16.4. The number of nitrogens with one attached hydrogen (secondary N) is 1. The summed E-state index contributed by atoms with van der Waals surface area (Å²) in [6.07, 6.45) is 10.3. The van der Waals surface area contributed by atoms with Gasteiger partial charge in [0, 0.05) is 35.1 Å². The van der Waals surface area contributed by atoms with Gasteiger partial charge in [0.1, 0.15) is 5.75 Å². The molecule has 0 aromatic heterocycles. The lowest BCUT2D eigenvalue weighted by molar-refractivity contribution is 0.0981. The lowest BCUT2D eigenvalue weighted by Gasteiger charge is -2.45. The monoisotopic (exact) mass is 583 g/mol. The number of anilines is 1. The highest BCUT2D eigenvalue weighted by Crippen LogP contribution is 2.46. The minimum Gasteiger partial charge on any atom is -0.490 e. The number of aryl methyl sites for hydroxylation is 1. The number of fused-ring (bicyclic) bond motifs is 4. The SMILES string of the molecule is C[C@@H]1CC/C=C/[C@H](N)[C@@H]2CC[C@H]2CN2C[C@@]3(CCCc4cc(Cl)ccc43)COc3ccc(cc32)C(=O)NS1(=O)=O. The van der Waals surface area contributed by atoms with E-state index in [1.807, 2.05) is 24.3 Å². The van der Waals surface area contributed by atoms with Gasteiger partial charge in [0.25, 0.3) is 5.91 Å². The number of carbonyl (C=O) groups is 1. The van der Waals surface area contributed by atoms with Crippen molar-refractivity contribution in [2.24, 2.45) is 17.6 Å². The van der Waals surface area contributed by atoms with E-state index >= 15 is 0 Å². The van der Waals surface area contributed by atoms with Gasteiger partial charge in [-0.25, -0.2) is 13.1 Å². The Labute approximate surface area is 242 Å². The molecule has 2 aliphatic carbocycles. The second kappa shape index (κ2) is 10.7. The minimum atomic E-state index is -3.83. The van der Waals surface area contributed by atoms with Crippen molar-refractivity contribution in [1.82, 2.24) is 4.72 Å². The molecule has 0 saturated heterocycles. The summed E-state index contributed by atoms with van der Waals surface area (Å²) in [6.45, 7) is 3.70. The standard InChI is InChI=1S/C31H38ClN3O4S/c1-20-5-2-3-7-27(33)25-11-8-23(25)17-35-18-31(14-4-6-21-15-24(32)10-12-26(21)31)19-39-29-13-9-22(16-28(29)35)30(36)34-40(20,37)38/h3,7,9-10,12-13,15-16,20,23,25,27H,2,4-6,8,11,14,17-19,33H2,1H3,(H,34,36)/b7-3+/t20-,23+,25-,27+,31+/m1/s1. The molecule has 2 aliphatic heterocycles. The molecule has 40 heavy (non-hydrogen) atoms. The molecular formula is C31H38ClN3O4S. The molecule has 6 rings (SSSR count). The molecule has 1 spiro atoms. The molecule has 5 atom stereocenters. The fraction of sp³-hybridized carbons (Fsp3) is 0.516. The summed E-state index contributed by atoms with van der Waals surface area (Å²) in [7, 11) is -3.83. The van der Waals surface area contributed by atoms with Gasteiger partial charge >= 0.3 is 0 Å². The number of hydrogen-bond donors (Lipinski definition) is 2. The van der Waals surface area contributed by atoms with Gasteiger partial charge in [-0.3, -0.25) is 4.79 Å². The van der Waals surface area contributed by atoms with Crippen molar-refractivity contribution in [3.05, 3.63) is 70.3 Å². The van der Waals surface area contributed by atoms with E-state index in [1.54, 1.807) is 19.1 Å². The summed E-state index contributed by atoms with van der Waals surface area (Å²) < 4.78 is 34.7. The van der Waals surface area contributed by atoms with Crippen molar-refractivity contribution in [3.8, 4) is 5.75 Å². The van der Waals surface area contributed by atoms with Crippen LogP contribution in [0.5, 0.6) is 5.75 Å². The average Bonchev–Trinajstić information content (AvgIpc) is 3.05. The lowest BCUT2D eigenvalue weighted by atomic mass is 9.68. The molecule has 2 heterocycles. The molecule has 4 aliphatic rings. The van der Waals surface area contributed by atoms with E-state index in [0.29, 0.717) is 42.6 Å². The van der Waals surface area contributed by atoms with E-state index in [1.165, 1.54) is 11.1 Å². The van der Waals surface area contributed by atoms with Crippen LogP contribution in [0.15, 0.2) is 48.6 Å².